The number of hydrogen-bond donors (Lipinski definition) is 0. The Morgan fingerprint density at radius 2 is 1.76 bits per heavy atom. The highest BCUT2D eigenvalue weighted by Crippen LogP contribution is 2.21. The summed E-state index contributed by atoms with van der Waals surface area (Å²) in [5, 5.41) is 0. The van der Waals surface area contributed by atoms with Crippen molar-refractivity contribution in [3.63, 3.8) is 0 Å². The number of ether oxygens (including phenoxy) is 2. The van der Waals surface area contributed by atoms with Crippen LogP contribution in [-0.2, 0) is 11.3 Å². The molecule has 0 fully saturated rings. The molecule has 0 aliphatic carbocycles. The molecular weight excluding hydrogens is 264 g/mol. The van der Waals surface area contributed by atoms with Crippen molar-refractivity contribution in [3.05, 3.63) is 64.7 Å². The predicted molar refractivity (Wildman–Crippen MR) is 82.6 cm³/mol. The topological polar surface area (TPSA) is 35.5 Å². The lowest BCUT2D eigenvalue weighted by Crippen LogP contribution is -2.05. The smallest absolute Gasteiger partial charge is 0.338 e. The summed E-state index contributed by atoms with van der Waals surface area (Å²) in [6.45, 7) is 6.78. The van der Waals surface area contributed by atoms with Gasteiger partial charge in [0.1, 0.15) is 12.4 Å². The molecule has 3 heteroatoms. The van der Waals surface area contributed by atoms with Gasteiger partial charge in [-0.05, 0) is 55.7 Å². The van der Waals surface area contributed by atoms with Crippen LogP contribution >= 0.6 is 0 Å². The zero-order chi connectivity index (χ0) is 15.2. The lowest BCUT2D eigenvalue weighted by Gasteiger charge is -2.11. The second kappa shape index (κ2) is 6.93. The van der Waals surface area contributed by atoms with Crippen molar-refractivity contribution in [2.75, 3.05) is 6.61 Å². The molecule has 0 bridgehead atoms. The van der Waals surface area contributed by atoms with E-state index in [1.165, 1.54) is 5.56 Å². The molecule has 110 valence electrons. The van der Waals surface area contributed by atoms with Crippen molar-refractivity contribution in [1.82, 2.24) is 0 Å². The normalized spacial score (nSPS) is 10.2. The molecule has 0 saturated heterocycles. The third-order valence-corrected chi connectivity index (χ3v) is 3.41. The van der Waals surface area contributed by atoms with Gasteiger partial charge in [0.25, 0.3) is 0 Å². The summed E-state index contributed by atoms with van der Waals surface area (Å²) in [4.78, 5) is 11.6. The number of aryl methyl sites for hydroxylation is 1. The molecular formula is C18H20O3. The van der Waals surface area contributed by atoms with Crippen molar-refractivity contribution < 1.29 is 14.3 Å². The van der Waals surface area contributed by atoms with Crippen LogP contribution in [0.15, 0.2) is 42.5 Å². The zero-order valence-electron chi connectivity index (χ0n) is 12.7. The van der Waals surface area contributed by atoms with Gasteiger partial charge in [-0.2, -0.15) is 0 Å². The number of carbonyl (C=O) groups is 1. The van der Waals surface area contributed by atoms with Gasteiger partial charge in [0.15, 0.2) is 0 Å². The van der Waals surface area contributed by atoms with Gasteiger partial charge in [-0.1, -0.05) is 24.3 Å². The summed E-state index contributed by atoms with van der Waals surface area (Å²) in [5.41, 5.74) is 3.95. The summed E-state index contributed by atoms with van der Waals surface area (Å²) >= 11 is 0. The van der Waals surface area contributed by atoms with Crippen LogP contribution in [0.2, 0.25) is 0 Å². The fourth-order valence-electron chi connectivity index (χ4n) is 1.99. The highest BCUT2D eigenvalue weighted by molar-refractivity contribution is 5.89. The first-order chi connectivity index (χ1) is 10.1. The SMILES string of the molecule is CCOC(=O)c1ccc(COc2cccc(C)c2C)cc1. The molecule has 2 aromatic rings. The van der Waals surface area contributed by atoms with Gasteiger partial charge >= 0.3 is 5.97 Å². The first-order valence-electron chi connectivity index (χ1n) is 7.07. The highest BCUT2D eigenvalue weighted by atomic mass is 16.5. The average Bonchev–Trinajstić information content (AvgIpc) is 2.49. The highest BCUT2D eigenvalue weighted by Gasteiger charge is 2.06. The van der Waals surface area contributed by atoms with Crippen LogP contribution in [0.4, 0.5) is 0 Å². The lowest BCUT2D eigenvalue weighted by molar-refractivity contribution is 0.0526. The first kappa shape index (κ1) is 15.1. The summed E-state index contributed by atoms with van der Waals surface area (Å²) in [6.07, 6.45) is 0. The average molecular weight is 284 g/mol. The molecule has 21 heavy (non-hydrogen) atoms. The molecule has 0 amide bonds. The van der Waals surface area contributed by atoms with Gasteiger partial charge < -0.3 is 9.47 Å². The first-order valence-corrected chi connectivity index (χ1v) is 7.07. The van der Waals surface area contributed by atoms with Crippen molar-refractivity contribution in [1.29, 1.82) is 0 Å². The van der Waals surface area contributed by atoms with Crippen LogP contribution in [0.5, 0.6) is 5.75 Å². The second-order valence-corrected chi connectivity index (χ2v) is 4.90. The van der Waals surface area contributed by atoms with Crippen molar-refractivity contribution in [3.8, 4) is 5.75 Å². The molecule has 2 rings (SSSR count). The number of rotatable bonds is 5. The van der Waals surface area contributed by atoms with Gasteiger partial charge in [-0.3, -0.25) is 0 Å². The molecule has 3 nitrogen and oxygen atoms in total. The van der Waals surface area contributed by atoms with Gasteiger partial charge in [0.2, 0.25) is 0 Å². The fraction of sp³-hybridized carbons (Fsp3) is 0.278. The maximum Gasteiger partial charge on any atom is 0.338 e. The van der Waals surface area contributed by atoms with Crippen LogP contribution in [-0.4, -0.2) is 12.6 Å². The monoisotopic (exact) mass is 284 g/mol. The summed E-state index contributed by atoms with van der Waals surface area (Å²) in [7, 11) is 0. The van der Waals surface area contributed by atoms with E-state index in [1.807, 2.05) is 24.3 Å². The van der Waals surface area contributed by atoms with E-state index >= 15 is 0 Å². The molecule has 0 spiro atoms. The van der Waals surface area contributed by atoms with Crippen molar-refractivity contribution >= 4 is 5.97 Å². The Morgan fingerprint density at radius 1 is 1.05 bits per heavy atom. The van der Waals surface area contributed by atoms with Crippen molar-refractivity contribution in [2.24, 2.45) is 0 Å². The summed E-state index contributed by atoms with van der Waals surface area (Å²) < 4.78 is 10.8. The molecule has 2 aromatic carbocycles. The molecule has 0 radical (unpaired) electrons. The number of carbonyl (C=O) groups excluding carboxylic acids is 1. The Labute approximate surface area is 125 Å². The Bertz CT molecular complexity index is 615. The lowest BCUT2D eigenvalue weighted by atomic mass is 10.1. The van der Waals surface area contributed by atoms with Crippen LogP contribution in [0, 0.1) is 13.8 Å². The standard InChI is InChI=1S/C18H20O3/c1-4-20-18(19)16-10-8-15(9-11-16)12-21-17-7-5-6-13(2)14(17)3/h5-11H,4,12H2,1-3H3. The fourth-order valence-corrected chi connectivity index (χ4v) is 1.99. The third kappa shape index (κ3) is 3.85. The van der Waals surface area contributed by atoms with Gasteiger partial charge in [0.05, 0.1) is 12.2 Å². The molecule has 0 aliphatic heterocycles. The van der Waals surface area contributed by atoms with Crippen LogP contribution < -0.4 is 4.74 Å². The minimum Gasteiger partial charge on any atom is -0.489 e. The van der Waals surface area contributed by atoms with E-state index in [2.05, 4.69) is 19.9 Å². The molecule has 0 N–H and O–H groups in total. The van der Waals surface area contributed by atoms with Crippen molar-refractivity contribution in [2.45, 2.75) is 27.4 Å². The van der Waals surface area contributed by atoms with E-state index in [9.17, 15) is 4.79 Å². The molecule has 0 saturated carbocycles. The Hall–Kier alpha value is -2.29. The van der Waals surface area contributed by atoms with E-state index in [0.717, 1.165) is 16.9 Å². The Kier molecular flexibility index (Phi) is 4.99. The quantitative estimate of drug-likeness (QED) is 0.777. The van der Waals surface area contributed by atoms with E-state index in [-0.39, 0.29) is 5.97 Å². The molecule has 0 atom stereocenters. The number of benzene rings is 2. The van der Waals surface area contributed by atoms with Crippen LogP contribution in [0.3, 0.4) is 0 Å². The maximum atomic E-state index is 11.6. The van der Waals surface area contributed by atoms with E-state index in [0.29, 0.717) is 18.8 Å². The summed E-state index contributed by atoms with van der Waals surface area (Å²) in [6, 6.07) is 13.3. The summed E-state index contributed by atoms with van der Waals surface area (Å²) in [5.74, 6) is 0.601. The van der Waals surface area contributed by atoms with Gasteiger partial charge in [-0.15, -0.1) is 0 Å². The van der Waals surface area contributed by atoms with E-state index < -0.39 is 0 Å². The Morgan fingerprint density at radius 3 is 2.43 bits per heavy atom. The minimum absolute atomic E-state index is 0.292. The molecule has 0 aromatic heterocycles. The number of hydrogen-bond acceptors (Lipinski definition) is 3. The zero-order valence-corrected chi connectivity index (χ0v) is 12.7. The van der Waals surface area contributed by atoms with Gasteiger partial charge in [-0.25, -0.2) is 4.79 Å². The minimum atomic E-state index is -0.292. The molecule has 0 unspecified atom stereocenters. The largest absolute Gasteiger partial charge is 0.489 e. The second-order valence-electron chi connectivity index (χ2n) is 4.90. The van der Waals surface area contributed by atoms with E-state index in [4.69, 9.17) is 9.47 Å². The van der Waals surface area contributed by atoms with Crippen LogP contribution in [0.1, 0.15) is 34.0 Å². The maximum absolute atomic E-state index is 11.6. The molecule has 0 aliphatic rings. The third-order valence-electron chi connectivity index (χ3n) is 3.41. The van der Waals surface area contributed by atoms with Crippen LogP contribution in [0.25, 0.3) is 0 Å². The van der Waals surface area contributed by atoms with Gasteiger partial charge in [0, 0.05) is 0 Å². The van der Waals surface area contributed by atoms with E-state index in [1.54, 1.807) is 19.1 Å². The molecule has 0 heterocycles. The number of esters is 1. The predicted octanol–water partition coefficient (Wildman–Crippen LogP) is 4.06. The Balaban J connectivity index is 2.01.